The van der Waals surface area contributed by atoms with E-state index in [1.807, 2.05) is 0 Å². The molecular weight excluding hydrogens is 248 g/mol. The summed E-state index contributed by atoms with van der Waals surface area (Å²) in [6.45, 7) is 4.71. The molecule has 1 saturated heterocycles. The van der Waals surface area contributed by atoms with Gasteiger partial charge in [0.2, 0.25) is 5.91 Å². The van der Waals surface area contributed by atoms with E-state index in [2.05, 4.69) is 37.4 Å². The molecule has 0 radical (unpaired) electrons. The van der Waals surface area contributed by atoms with Crippen molar-refractivity contribution in [3.05, 3.63) is 29.3 Å². The van der Waals surface area contributed by atoms with Crippen LogP contribution in [0.5, 0.6) is 0 Å². The minimum absolute atomic E-state index is 0.132. The van der Waals surface area contributed by atoms with Crippen molar-refractivity contribution < 1.29 is 9.59 Å². The van der Waals surface area contributed by atoms with E-state index in [9.17, 15) is 9.59 Å². The van der Waals surface area contributed by atoms with Crippen molar-refractivity contribution in [3.63, 3.8) is 0 Å². The predicted octanol–water partition coefficient (Wildman–Crippen LogP) is 1.95. The largest absolute Gasteiger partial charge is 0.329 e. The van der Waals surface area contributed by atoms with E-state index in [0.29, 0.717) is 6.54 Å². The fraction of sp³-hybridized carbons (Fsp3) is 0.385. The summed E-state index contributed by atoms with van der Waals surface area (Å²) in [5.74, 6) is 0.588. The van der Waals surface area contributed by atoms with Gasteiger partial charge >= 0.3 is 6.03 Å². The standard InChI is InChI=1S/C13H16N2O2S/c1-9-3-4-10(2)11(7-9)18-6-5-15-12(16)8-14-13(15)17/h3-4,7H,5-6,8H2,1-2H3,(H,14,17). The smallest absolute Gasteiger partial charge is 0.324 e. The molecule has 3 amide bonds. The van der Waals surface area contributed by atoms with E-state index < -0.39 is 0 Å². The number of carbonyl (C=O) groups excluding carboxylic acids is 2. The van der Waals surface area contributed by atoms with Crippen molar-refractivity contribution in [3.8, 4) is 0 Å². The Morgan fingerprint density at radius 3 is 2.78 bits per heavy atom. The van der Waals surface area contributed by atoms with Crippen molar-refractivity contribution in [1.82, 2.24) is 10.2 Å². The molecule has 18 heavy (non-hydrogen) atoms. The number of nitrogens with one attached hydrogen (secondary N) is 1. The van der Waals surface area contributed by atoms with E-state index in [1.54, 1.807) is 11.8 Å². The van der Waals surface area contributed by atoms with Gasteiger partial charge in [0.15, 0.2) is 0 Å². The lowest BCUT2D eigenvalue weighted by molar-refractivity contribution is -0.124. The highest BCUT2D eigenvalue weighted by molar-refractivity contribution is 7.99. The van der Waals surface area contributed by atoms with Crippen LogP contribution in [-0.4, -0.2) is 35.7 Å². The number of urea groups is 1. The van der Waals surface area contributed by atoms with Crippen molar-refractivity contribution >= 4 is 23.7 Å². The maximum Gasteiger partial charge on any atom is 0.324 e. The highest BCUT2D eigenvalue weighted by atomic mass is 32.2. The molecule has 1 fully saturated rings. The molecular formula is C13H16N2O2S. The molecule has 1 aromatic carbocycles. The van der Waals surface area contributed by atoms with Crippen LogP contribution in [0.3, 0.4) is 0 Å². The number of hydrogen-bond acceptors (Lipinski definition) is 3. The summed E-state index contributed by atoms with van der Waals surface area (Å²) in [5.41, 5.74) is 2.45. The molecule has 0 aromatic heterocycles. The second-order valence-corrected chi connectivity index (χ2v) is 5.46. The molecule has 1 N–H and O–H groups in total. The van der Waals surface area contributed by atoms with Crippen LogP contribution >= 0.6 is 11.8 Å². The number of hydrogen-bond donors (Lipinski definition) is 1. The van der Waals surface area contributed by atoms with Gasteiger partial charge in [0.25, 0.3) is 0 Å². The van der Waals surface area contributed by atoms with E-state index in [0.717, 1.165) is 5.75 Å². The van der Waals surface area contributed by atoms with Gasteiger partial charge in [-0.3, -0.25) is 9.69 Å². The second kappa shape index (κ2) is 5.44. The molecule has 1 aliphatic rings. The lowest BCUT2D eigenvalue weighted by Gasteiger charge is -2.12. The van der Waals surface area contributed by atoms with Crippen molar-refractivity contribution in [1.29, 1.82) is 0 Å². The molecule has 2 rings (SSSR count). The first-order valence-corrected chi connectivity index (χ1v) is 6.85. The topological polar surface area (TPSA) is 49.4 Å². The maximum atomic E-state index is 11.4. The molecule has 0 atom stereocenters. The van der Waals surface area contributed by atoms with Crippen molar-refractivity contribution in [2.24, 2.45) is 0 Å². The average Bonchev–Trinajstić information content (AvgIpc) is 2.65. The predicted molar refractivity (Wildman–Crippen MR) is 71.8 cm³/mol. The zero-order valence-corrected chi connectivity index (χ0v) is 11.3. The molecule has 0 spiro atoms. The number of benzene rings is 1. The van der Waals surface area contributed by atoms with Gasteiger partial charge < -0.3 is 5.32 Å². The van der Waals surface area contributed by atoms with Gasteiger partial charge in [0, 0.05) is 17.2 Å². The SMILES string of the molecule is Cc1ccc(C)c(SCCN2C(=O)CNC2=O)c1. The number of nitrogens with zero attached hydrogens (tertiary/aromatic N) is 1. The first-order chi connectivity index (χ1) is 8.58. The van der Waals surface area contributed by atoms with Crippen molar-refractivity contribution in [2.45, 2.75) is 18.7 Å². The highest BCUT2D eigenvalue weighted by Gasteiger charge is 2.27. The van der Waals surface area contributed by atoms with Gasteiger partial charge in [-0.05, 0) is 25.5 Å². The summed E-state index contributed by atoms with van der Waals surface area (Å²) in [6.07, 6.45) is 0. The van der Waals surface area contributed by atoms with Crippen LogP contribution in [-0.2, 0) is 4.79 Å². The Kier molecular flexibility index (Phi) is 3.91. The van der Waals surface area contributed by atoms with Gasteiger partial charge in [0.05, 0.1) is 6.54 Å². The highest BCUT2D eigenvalue weighted by Crippen LogP contribution is 2.23. The zero-order valence-electron chi connectivity index (χ0n) is 10.5. The number of thioether (sulfide) groups is 1. The number of aryl methyl sites for hydroxylation is 2. The fourth-order valence-corrected chi connectivity index (χ4v) is 2.85. The molecule has 1 heterocycles. The molecule has 1 aliphatic heterocycles. The van der Waals surface area contributed by atoms with Gasteiger partial charge in [-0.25, -0.2) is 4.79 Å². The normalized spacial score (nSPS) is 15.1. The summed E-state index contributed by atoms with van der Waals surface area (Å²) in [7, 11) is 0. The molecule has 0 unspecified atom stereocenters. The maximum absolute atomic E-state index is 11.4. The Bertz CT molecular complexity index is 472. The van der Waals surface area contributed by atoms with Crippen LogP contribution in [0.4, 0.5) is 4.79 Å². The molecule has 1 aromatic rings. The van der Waals surface area contributed by atoms with Crippen LogP contribution < -0.4 is 5.32 Å². The van der Waals surface area contributed by atoms with Crippen LogP contribution in [0, 0.1) is 13.8 Å². The quantitative estimate of drug-likeness (QED) is 0.668. The number of carbonyl (C=O) groups is 2. The molecule has 0 bridgehead atoms. The Labute approximate surface area is 111 Å². The van der Waals surface area contributed by atoms with Crippen LogP contribution in [0.1, 0.15) is 11.1 Å². The van der Waals surface area contributed by atoms with Crippen LogP contribution in [0.25, 0.3) is 0 Å². The minimum atomic E-state index is -0.276. The summed E-state index contributed by atoms with van der Waals surface area (Å²) < 4.78 is 0. The molecule has 4 nitrogen and oxygen atoms in total. The van der Waals surface area contributed by atoms with E-state index >= 15 is 0 Å². The molecule has 5 heteroatoms. The monoisotopic (exact) mass is 264 g/mol. The van der Waals surface area contributed by atoms with E-state index in [4.69, 9.17) is 0 Å². The third-order valence-corrected chi connectivity index (χ3v) is 3.99. The third-order valence-electron chi connectivity index (χ3n) is 2.85. The number of rotatable bonds is 4. The first-order valence-electron chi connectivity index (χ1n) is 5.86. The first kappa shape index (κ1) is 13.0. The van der Waals surface area contributed by atoms with E-state index in [-0.39, 0.29) is 18.5 Å². The zero-order chi connectivity index (χ0) is 13.1. The lowest BCUT2D eigenvalue weighted by Crippen LogP contribution is -2.32. The summed E-state index contributed by atoms with van der Waals surface area (Å²) in [6, 6.07) is 6.02. The number of amides is 3. The molecule has 0 saturated carbocycles. The third kappa shape index (κ3) is 2.85. The fourth-order valence-electron chi connectivity index (χ4n) is 1.79. The lowest BCUT2D eigenvalue weighted by atomic mass is 10.2. The minimum Gasteiger partial charge on any atom is -0.329 e. The van der Waals surface area contributed by atoms with Gasteiger partial charge in [0.1, 0.15) is 0 Å². The van der Waals surface area contributed by atoms with E-state index in [1.165, 1.54) is 20.9 Å². The molecule has 96 valence electrons. The van der Waals surface area contributed by atoms with Crippen LogP contribution in [0.15, 0.2) is 23.1 Å². The molecule has 0 aliphatic carbocycles. The average molecular weight is 264 g/mol. The van der Waals surface area contributed by atoms with Crippen LogP contribution in [0.2, 0.25) is 0 Å². The number of imide groups is 1. The van der Waals surface area contributed by atoms with Gasteiger partial charge in [-0.1, -0.05) is 17.7 Å². The van der Waals surface area contributed by atoms with Crippen molar-refractivity contribution in [2.75, 3.05) is 18.8 Å². The second-order valence-electron chi connectivity index (χ2n) is 4.32. The Morgan fingerprint density at radius 1 is 1.33 bits per heavy atom. The summed E-state index contributed by atoms with van der Waals surface area (Å²) in [5, 5.41) is 2.52. The Morgan fingerprint density at radius 2 is 2.11 bits per heavy atom. The Balaban J connectivity index is 1.90. The summed E-state index contributed by atoms with van der Waals surface area (Å²) in [4.78, 5) is 25.2. The Hall–Kier alpha value is -1.49. The van der Waals surface area contributed by atoms with Gasteiger partial charge in [-0.15, -0.1) is 11.8 Å². The summed E-state index contributed by atoms with van der Waals surface area (Å²) >= 11 is 1.68. The van der Waals surface area contributed by atoms with Gasteiger partial charge in [-0.2, -0.15) is 0 Å².